The molecule has 0 aromatic carbocycles. The van der Waals surface area contributed by atoms with Crippen LogP contribution in [0.3, 0.4) is 0 Å². The molecule has 4 heteroatoms. The fourth-order valence-electron chi connectivity index (χ4n) is 2.17. The normalized spacial score (nSPS) is 20.3. The van der Waals surface area contributed by atoms with Gasteiger partial charge in [-0.05, 0) is 18.8 Å². The van der Waals surface area contributed by atoms with E-state index in [9.17, 15) is 9.59 Å². The van der Waals surface area contributed by atoms with Crippen LogP contribution in [0.25, 0.3) is 0 Å². The number of carbonyl (C=O) groups excluding carboxylic acids is 2. The summed E-state index contributed by atoms with van der Waals surface area (Å²) >= 11 is 0. The van der Waals surface area contributed by atoms with Crippen LogP contribution in [0.1, 0.15) is 47.0 Å². The Balaban J connectivity index is 2.45. The van der Waals surface area contributed by atoms with E-state index in [0.717, 1.165) is 19.4 Å². The monoisotopic (exact) mass is 254 g/mol. The fraction of sp³-hybridized carbons (Fsp3) is 0.857. The van der Waals surface area contributed by atoms with Crippen LogP contribution in [0.4, 0.5) is 0 Å². The average Bonchev–Trinajstić information content (AvgIpc) is 2.28. The summed E-state index contributed by atoms with van der Waals surface area (Å²) in [5, 5.41) is 3.02. The van der Waals surface area contributed by atoms with Crippen LogP contribution in [0.2, 0.25) is 0 Å². The summed E-state index contributed by atoms with van der Waals surface area (Å²) in [4.78, 5) is 25.5. The molecule has 0 aliphatic carbocycles. The van der Waals surface area contributed by atoms with E-state index in [0.29, 0.717) is 18.9 Å². The largest absolute Gasteiger partial charge is 0.351 e. The molecule has 1 saturated heterocycles. The Kier molecular flexibility index (Phi) is 5.63. The molecule has 0 aromatic heterocycles. The number of amides is 2. The van der Waals surface area contributed by atoms with E-state index < -0.39 is 0 Å². The standard InChI is InChI=1S/C14H26N2O2/c1-10(2)8-13(17)16-7-5-6-12(9-16)15-14(18)11(3)4/h10-12H,5-9H2,1-4H3,(H,15,18). The zero-order valence-electron chi connectivity index (χ0n) is 12.0. The van der Waals surface area contributed by atoms with Gasteiger partial charge in [-0.3, -0.25) is 9.59 Å². The minimum atomic E-state index is 0.00624. The third-order valence-electron chi connectivity index (χ3n) is 3.23. The minimum Gasteiger partial charge on any atom is -0.351 e. The summed E-state index contributed by atoms with van der Waals surface area (Å²) in [5.74, 6) is 0.696. The molecule has 0 spiro atoms. The molecule has 1 aliphatic heterocycles. The van der Waals surface area contributed by atoms with Crippen molar-refractivity contribution in [2.45, 2.75) is 53.0 Å². The highest BCUT2D eigenvalue weighted by molar-refractivity contribution is 5.79. The van der Waals surface area contributed by atoms with Crippen molar-refractivity contribution in [2.75, 3.05) is 13.1 Å². The van der Waals surface area contributed by atoms with E-state index >= 15 is 0 Å². The number of hydrogen-bond acceptors (Lipinski definition) is 2. The molecule has 0 aromatic rings. The Labute approximate surface area is 110 Å². The maximum absolute atomic E-state index is 12.0. The number of rotatable bonds is 4. The first-order chi connectivity index (χ1) is 8.40. The van der Waals surface area contributed by atoms with Crippen molar-refractivity contribution >= 4 is 11.8 Å². The number of nitrogens with one attached hydrogen (secondary N) is 1. The van der Waals surface area contributed by atoms with Crippen LogP contribution in [0, 0.1) is 11.8 Å². The Morgan fingerprint density at radius 3 is 2.50 bits per heavy atom. The SMILES string of the molecule is CC(C)CC(=O)N1CCCC(NC(=O)C(C)C)C1. The van der Waals surface area contributed by atoms with Crippen LogP contribution in [-0.2, 0) is 9.59 Å². The molecule has 0 bridgehead atoms. The smallest absolute Gasteiger partial charge is 0.222 e. The van der Waals surface area contributed by atoms with Gasteiger partial charge in [-0.2, -0.15) is 0 Å². The lowest BCUT2D eigenvalue weighted by molar-refractivity contribution is -0.134. The van der Waals surface area contributed by atoms with Gasteiger partial charge in [0.05, 0.1) is 0 Å². The average molecular weight is 254 g/mol. The zero-order valence-corrected chi connectivity index (χ0v) is 12.0. The van der Waals surface area contributed by atoms with Gasteiger partial charge >= 0.3 is 0 Å². The highest BCUT2D eigenvalue weighted by Crippen LogP contribution is 2.13. The van der Waals surface area contributed by atoms with Gasteiger partial charge in [0.15, 0.2) is 0 Å². The van der Waals surface area contributed by atoms with Gasteiger partial charge < -0.3 is 10.2 Å². The third-order valence-corrected chi connectivity index (χ3v) is 3.23. The maximum atomic E-state index is 12.0. The van der Waals surface area contributed by atoms with Crippen LogP contribution in [0.5, 0.6) is 0 Å². The molecule has 1 heterocycles. The van der Waals surface area contributed by atoms with Gasteiger partial charge in [-0.15, -0.1) is 0 Å². The van der Waals surface area contributed by atoms with Crippen molar-refractivity contribution in [1.29, 1.82) is 0 Å². The molecule has 2 amide bonds. The molecule has 1 atom stereocenters. The molecule has 1 fully saturated rings. The van der Waals surface area contributed by atoms with Crippen molar-refractivity contribution in [3.8, 4) is 0 Å². The van der Waals surface area contributed by atoms with Gasteiger partial charge in [-0.25, -0.2) is 0 Å². The molecule has 4 nitrogen and oxygen atoms in total. The molecule has 1 N–H and O–H groups in total. The summed E-state index contributed by atoms with van der Waals surface area (Å²) < 4.78 is 0. The van der Waals surface area contributed by atoms with Gasteiger partial charge in [-0.1, -0.05) is 27.7 Å². The highest BCUT2D eigenvalue weighted by atomic mass is 16.2. The second-order valence-corrected chi connectivity index (χ2v) is 5.94. The molecule has 0 saturated carbocycles. The van der Waals surface area contributed by atoms with Gasteiger partial charge in [0.1, 0.15) is 0 Å². The highest BCUT2D eigenvalue weighted by Gasteiger charge is 2.25. The topological polar surface area (TPSA) is 49.4 Å². The second kappa shape index (κ2) is 6.76. The van der Waals surface area contributed by atoms with E-state index in [1.165, 1.54) is 0 Å². The quantitative estimate of drug-likeness (QED) is 0.831. The summed E-state index contributed by atoms with van der Waals surface area (Å²) in [6.07, 6.45) is 2.56. The van der Waals surface area contributed by atoms with Crippen molar-refractivity contribution < 1.29 is 9.59 Å². The molecule has 1 rings (SSSR count). The summed E-state index contributed by atoms with van der Waals surface area (Å²) in [6, 6.07) is 0.129. The first-order valence-corrected chi connectivity index (χ1v) is 6.98. The lowest BCUT2D eigenvalue weighted by Crippen LogP contribution is -2.50. The third kappa shape index (κ3) is 4.67. The Morgan fingerprint density at radius 2 is 1.94 bits per heavy atom. The molecule has 104 valence electrons. The van der Waals surface area contributed by atoms with E-state index in [-0.39, 0.29) is 23.8 Å². The molecule has 1 unspecified atom stereocenters. The van der Waals surface area contributed by atoms with E-state index in [2.05, 4.69) is 19.2 Å². The Morgan fingerprint density at radius 1 is 1.28 bits per heavy atom. The first-order valence-electron chi connectivity index (χ1n) is 6.98. The molecule has 0 radical (unpaired) electrons. The van der Waals surface area contributed by atoms with Crippen molar-refractivity contribution in [2.24, 2.45) is 11.8 Å². The molecule has 18 heavy (non-hydrogen) atoms. The fourth-order valence-corrected chi connectivity index (χ4v) is 2.17. The van der Waals surface area contributed by atoms with Crippen LogP contribution < -0.4 is 5.32 Å². The molecular formula is C14H26N2O2. The number of nitrogens with zero attached hydrogens (tertiary/aromatic N) is 1. The Hall–Kier alpha value is -1.06. The predicted molar refractivity (Wildman–Crippen MR) is 72.0 cm³/mol. The van der Waals surface area contributed by atoms with E-state index in [1.807, 2.05) is 18.7 Å². The summed E-state index contributed by atoms with van der Waals surface area (Å²) in [6.45, 7) is 9.39. The Bertz CT molecular complexity index is 300. The number of hydrogen-bond donors (Lipinski definition) is 1. The van der Waals surface area contributed by atoms with E-state index in [1.54, 1.807) is 0 Å². The number of likely N-dealkylation sites (tertiary alicyclic amines) is 1. The van der Waals surface area contributed by atoms with Crippen LogP contribution in [-0.4, -0.2) is 35.8 Å². The molecular weight excluding hydrogens is 228 g/mol. The summed E-state index contributed by atoms with van der Waals surface area (Å²) in [5.41, 5.74) is 0. The van der Waals surface area contributed by atoms with Crippen molar-refractivity contribution in [1.82, 2.24) is 10.2 Å². The maximum Gasteiger partial charge on any atom is 0.222 e. The summed E-state index contributed by atoms with van der Waals surface area (Å²) in [7, 11) is 0. The van der Waals surface area contributed by atoms with Crippen LogP contribution >= 0.6 is 0 Å². The number of carbonyl (C=O) groups is 2. The first kappa shape index (κ1) is 15.0. The van der Waals surface area contributed by atoms with Crippen molar-refractivity contribution in [3.63, 3.8) is 0 Å². The van der Waals surface area contributed by atoms with Gasteiger partial charge in [0.2, 0.25) is 11.8 Å². The molecule has 1 aliphatic rings. The zero-order chi connectivity index (χ0) is 13.7. The lowest BCUT2D eigenvalue weighted by Gasteiger charge is -2.34. The minimum absolute atomic E-state index is 0.00624. The van der Waals surface area contributed by atoms with Crippen molar-refractivity contribution in [3.05, 3.63) is 0 Å². The van der Waals surface area contributed by atoms with Gasteiger partial charge in [0, 0.05) is 31.5 Å². The lowest BCUT2D eigenvalue weighted by atomic mass is 10.0. The number of piperidine rings is 1. The predicted octanol–water partition coefficient (Wildman–Crippen LogP) is 1.80. The second-order valence-electron chi connectivity index (χ2n) is 5.94. The van der Waals surface area contributed by atoms with E-state index in [4.69, 9.17) is 0 Å². The van der Waals surface area contributed by atoms with Gasteiger partial charge in [0.25, 0.3) is 0 Å². The van der Waals surface area contributed by atoms with Crippen LogP contribution in [0.15, 0.2) is 0 Å².